The molecule has 1 aliphatic heterocycles. The monoisotopic (exact) mass is 303 g/mol. The first-order valence-electron chi connectivity index (χ1n) is 5.76. The lowest BCUT2D eigenvalue weighted by Gasteiger charge is -2.15. The standard InChI is InChI=1S/C11H13NO7S/c13-4-7-1-2-10(8(3-7)12(15)16)19-11-6-20(17,18)5-9(11)14/h1-3,9,11,13-14H,4-6H2. The fraction of sp³-hybridized carbons (Fsp3) is 0.455. The first kappa shape index (κ1) is 14.7. The van der Waals surface area contributed by atoms with Crippen molar-refractivity contribution < 1.29 is 28.3 Å². The van der Waals surface area contributed by atoms with Crippen LogP contribution in [0.2, 0.25) is 0 Å². The first-order valence-corrected chi connectivity index (χ1v) is 7.58. The van der Waals surface area contributed by atoms with Gasteiger partial charge in [0.15, 0.2) is 15.6 Å². The van der Waals surface area contributed by atoms with Crippen LogP contribution in [0.5, 0.6) is 5.75 Å². The summed E-state index contributed by atoms with van der Waals surface area (Å²) in [6.07, 6.45) is -2.24. The summed E-state index contributed by atoms with van der Waals surface area (Å²) in [6, 6.07) is 3.85. The molecule has 0 bridgehead atoms. The van der Waals surface area contributed by atoms with Crippen LogP contribution in [0.3, 0.4) is 0 Å². The Bertz CT molecular complexity index is 628. The molecule has 2 atom stereocenters. The highest BCUT2D eigenvalue weighted by Crippen LogP contribution is 2.30. The smallest absolute Gasteiger partial charge is 0.311 e. The largest absolute Gasteiger partial charge is 0.480 e. The maximum atomic E-state index is 11.4. The minimum atomic E-state index is -3.40. The number of nitrogens with zero attached hydrogens (tertiary/aromatic N) is 1. The third-order valence-corrected chi connectivity index (χ3v) is 4.64. The average molecular weight is 303 g/mol. The van der Waals surface area contributed by atoms with Crippen LogP contribution in [0.4, 0.5) is 5.69 Å². The third kappa shape index (κ3) is 3.06. The van der Waals surface area contributed by atoms with E-state index in [1.165, 1.54) is 12.1 Å². The van der Waals surface area contributed by atoms with Gasteiger partial charge in [0.2, 0.25) is 0 Å². The Kier molecular flexibility index (Phi) is 3.93. The fourth-order valence-electron chi connectivity index (χ4n) is 1.98. The van der Waals surface area contributed by atoms with Crippen molar-refractivity contribution in [1.29, 1.82) is 0 Å². The summed E-state index contributed by atoms with van der Waals surface area (Å²) in [4.78, 5) is 10.2. The van der Waals surface area contributed by atoms with Crippen LogP contribution in [0.1, 0.15) is 5.56 Å². The summed E-state index contributed by atoms with van der Waals surface area (Å²) in [5.41, 5.74) is -0.0447. The van der Waals surface area contributed by atoms with Gasteiger partial charge in [-0.05, 0) is 11.6 Å². The molecule has 1 aromatic carbocycles. The molecule has 2 N–H and O–H groups in total. The van der Waals surface area contributed by atoms with E-state index in [1.54, 1.807) is 0 Å². The second kappa shape index (κ2) is 5.35. The number of aliphatic hydroxyl groups is 2. The number of aliphatic hydroxyl groups excluding tert-OH is 2. The molecule has 110 valence electrons. The van der Waals surface area contributed by atoms with E-state index in [-0.39, 0.29) is 23.8 Å². The van der Waals surface area contributed by atoms with Gasteiger partial charge in [-0.2, -0.15) is 0 Å². The number of rotatable bonds is 4. The van der Waals surface area contributed by atoms with E-state index in [2.05, 4.69) is 0 Å². The van der Waals surface area contributed by atoms with Crippen molar-refractivity contribution in [2.75, 3.05) is 11.5 Å². The second-order valence-corrected chi connectivity index (χ2v) is 6.67. The van der Waals surface area contributed by atoms with Crippen LogP contribution in [0.15, 0.2) is 18.2 Å². The number of nitro groups is 1. The van der Waals surface area contributed by atoms with Crippen molar-refractivity contribution in [3.8, 4) is 5.75 Å². The quantitative estimate of drug-likeness (QED) is 0.573. The van der Waals surface area contributed by atoms with Gasteiger partial charge in [0.25, 0.3) is 0 Å². The molecule has 0 radical (unpaired) electrons. The first-order chi connectivity index (χ1) is 9.32. The summed E-state index contributed by atoms with van der Waals surface area (Å²) >= 11 is 0. The minimum absolute atomic E-state index is 0.131. The molecule has 20 heavy (non-hydrogen) atoms. The number of hydrogen-bond acceptors (Lipinski definition) is 7. The van der Waals surface area contributed by atoms with E-state index >= 15 is 0 Å². The molecule has 1 fully saturated rings. The van der Waals surface area contributed by atoms with Crippen molar-refractivity contribution in [3.05, 3.63) is 33.9 Å². The van der Waals surface area contributed by atoms with E-state index in [0.29, 0.717) is 5.56 Å². The van der Waals surface area contributed by atoms with Crippen molar-refractivity contribution in [1.82, 2.24) is 0 Å². The normalized spacial score (nSPS) is 24.5. The average Bonchev–Trinajstić information content (AvgIpc) is 2.62. The predicted molar refractivity (Wildman–Crippen MR) is 68.1 cm³/mol. The van der Waals surface area contributed by atoms with Gasteiger partial charge in [-0.15, -0.1) is 0 Å². The zero-order valence-electron chi connectivity index (χ0n) is 10.3. The number of nitro benzene ring substituents is 1. The van der Waals surface area contributed by atoms with Gasteiger partial charge in [-0.1, -0.05) is 6.07 Å². The lowest BCUT2D eigenvalue weighted by molar-refractivity contribution is -0.386. The molecule has 9 heteroatoms. The molecule has 2 unspecified atom stereocenters. The van der Waals surface area contributed by atoms with Gasteiger partial charge in [0.05, 0.1) is 23.0 Å². The Hall–Kier alpha value is -1.71. The molecule has 2 rings (SSSR count). The molecular weight excluding hydrogens is 290 g/mol. The van der Waals surface area contributed by atoms with E-state index in [4.69, 9.17) is 9.84 Å². The summed E-state index contributed by atoms with van der Waals surface area (Å²) in [7, 11) is -3.40. The zero-order chi connectivity index (χ0) is 14.9. The molecule has 0 spiro atoms. The van der Waals surface area contributed by atoms with Gasteiger partial charge < -0.3 is 14.9 Å². The van der Waals surface area contributed by atoms with Crippen molar-refractivity contribution >= 4 is 15.5 Å². The minimum Gasteiger partial charge on any atom is -0.480 e. The van der Waals surface area contributed by atoms with Crippen LogP contribution in [-0.2, 0) is 16.4 Å². The molecule has 0 aliphatic carbocycles. The molecule has 1 heterocycles. The number of hydrogen-bond donors (Lipinski definition) is 2. The molecular formula is C11H13NO7S. The molecule has 0 amide bonds. The fourth-order valence-corrected chi connectivity index (χ4v) is 3.64. The van der Waals surface area contributed by atoms with Gasteiger partial charge in [0.1, 0.15) is 12.2 Å². The highest BCUT2D eigenvalue weighted by atomic mass is 32.2. The Labute approximate surface area is 114 Å². The van der Waals surface area contributed by atoms with Crippen LogP contribution in [0, 0.1) is 10.1 Å². The van der Waals surface area contributed by atoms with E-state index in [0.717, 1.165) is 6.07 Å². The van der Waals surface area contributed by atoms with Crippen LogP contribution >= 0.6 is 0 Å². The van der Waals surface area contributed by atoms with Crippen LogP contribution in [-0.4, -0.2) is 47.3 Å². The molecule has 1 aromatic rings. The van der Waals surface area contributed by atoms with Crippen molar-refractivity contribution in [2.24, 2.45) is 0 Å². The van der Waals surface area contributed by atoms with Gasteiger partial charge in [-0.25, -0.2) is 8.42 Å². The van der Waals surface area contributed by atoms with E-state index in [9.17, 15) is 23.6 Å². The topological polar surface area (TPSA) is 127 Å². The lowest BCUT2D eigenvalue weighted by atomic mass is 10.2. The summed E-state index contributed by atoms with van der Waals surface area (Å²) in [6.45, 7) is -0.360. The van der Waals surface area contributed by atoms with Crippen LogP contribution < -0.4 is 4.74 Å². The second-order valence-electron chi connectivity index (χ2n) is 4.52. The number of ether oxygens (including phenoxy) is 1. The Morgan fingerprint density at radius 2 is 2.10 bits per heavy atom. The van der Waals surface area contributed by atoms with Crippen molar-refractivity contribution in [2.45, 2.75) is 18.8 Å². The van der Waals surface area contributed by atoms with Gasteiger partial charge in [0, 0.05) is 6.07 Å². The van der Waals surface area contributed by atoms with Gasteiger partial charge in [-0.3, -0.25) is 10.1 Å². The highest BCUT2D eigenvalue weighted by molar-refractivity contribution is 7.91. The molecule has 0 aromatic heterocycles. The molecule has 1 saturated heterocycles. The lowest BCUT2D eigenvalue weighted by Crippen LogP contribution is -2.30. The van der Waals surface area contributed by atoms with Crippen LogP contribution in [0.25, 0.3) is 0 Å². The number of benzene rings is 1. The van der Waals surface area contributed by atoms with Crippen molar-refractivity contribution in [3.63, 3.8) is 0 Å². The molecule has 1 aliphatic rings. The predicted octanol–water partition coefficient (Wildman–Crippen LogP) is -0.376. The van der Waals surface area contributed by atoms with E-state index in [1.807, 2.05) is 0 Å². The van der Waals surface area contributed by atoms with E-state index < -0.39 is 32.7 Å². The third-order valence-electron chi connectivity index (χ3n) is 2.95. The Morgan fingerprint density at radius 3 is 2.60 bits per heavy atom. The molecule has 8 nitrogen and oxygen atoms in total. The molecule has 0 saturated carbocycles. The maximum absolute atomic E-state index is 11.4. The van der Waals surface area contributed by atoms with Gasteiger partial charge >= 0.3 is 5.69 Å². The maximum Gasteiger partial charge on any atom is 0.311 e. The zero-order valence-corrected chi connectivity index (χ0v) is 11.1. The summed E-state index contributed by atoms with van der Waals surface area (Å²) < 4.78 is 28.0. The Balaban J connectivity index is 2.28. The highest BCUT2D eigenvalue weighted by Gasteiger charge is 2.39. The SMILES string of the molecule is O=[N+]([O-])c1cc(CO)ccc1OC1CS(=O)(=O)CC1O. The number of sulfone groups is 1. The Morgan fingerprint density at radius 1 is 1.40 bits per heavy atom. The summed E-state index contributed by atoms with van der Waals surface area (Å²) in [5.74, 6) is -0.930. The summed E-state index contributed by atoms with van der Waals surface area (Å²) in [5, 5.41) is 29.5.